The second-order valence-electron chi connectivity index (χ2n) is 7.90. The van der Waals surface area contributed by atoms with Gasteiger partial charge in [0.1, 0.15) is 5.92 Å². The van der Waals surface area contributed by atoms with Gasteiger partial charge in [0, 0.05) is 28.7 Å². The third-order valence-corrected chi connectivity index (χ3v) is 5.93. The molecule has 33 heavy (non-hydrogen) atoms. The van der Waals surface area contributed by atoms with E-state index in [9.17, 15) is 14.7 Å². The first-order chi connectivity index (χ1) is 16.0. The van der Waals surface area contributed by atoms with Crippen LogP contribution in [0.1, 0.15) is 46.8 Å². The Bertz CT molecular complexity index is 1290. The minimum atomic E-state index is -0.895. The van der Waals surface area contributed by atoms with Crippen molar-refractivity contribution in [3.8, 4) is 0 Å². The number of benzene rings is 3. The molecule has 7 heteroatoms. The van der Waals surface area contributed by atoms with Crippen LogP contribution in [-0.2, 0) is 11.3 Å². The Hall–Kier alpha value is -3.64. The van der Waals surface area contributed by atoms with Gasteiger partial charge in [-0.3, -0.25) is 14.3 Å². The molecule has 1 amide bonds. The molecule has 4 rings (SSSR count). The molecule has 1 aromatic heterocycles. The third-order valence-electron chi connectivity index (χ3n) is 5.70. The molecule has 0 aliphatic heterocycles. The lowest BCUT2D eigenvalue weighted by molar-refractivity contribution is -0.140. The predicted molar refractivity (Wildman–Crippen MR) is 129 cm³/mol. The van der Waals surface area contributed by atoms with Crippen LogP contribution in [0, 0.1) is 0 Å². The van der Waals surface area contributed by atoms with E-state index >= 15 is 0 Å². The Labute approximate surface area is 196 Å². The number of aliphatic carboxylic acids is 1. The van der Waals surface area contributed by atoms with E-state index in [0.717, 1.165) is 16.5 Å². The molecule has 0 bridgehead atoms. The Morgan fingerprint density at radius 2 is 1.85 bits per heavy atom. The minimum absolute atomic E-state index is 0.217. The summed E-state index contributed by atoms with van der Waals surface area (Å²) in [4.78, 5) is 24.8. The lowest BCUT2D eigenvalue weighted by Crippen LogP contribution is -2.24. The average molecular weight is 462 g/mol. The SMILES string of the molecule is CCC(C(C(=O)O)c1ccccc1)n1cc2ccc(C(=O)NCc3cccc(Cl)c3)cc2n1. The highest BCUT2D eigenvalue weighted by Crippen LogP contribution is 2.32. The summed E-state index contributed by atoms with van der Waals surface area (Å²) < 4.78 is 1.71. The smallest absolute Gasteiger partial charge is 0.313 e. The molecule has 2 atom stereocenters. The van der Waals surface area contributed by atoms with Crippen molar-refractivity contribution in [2.24, 2.45) is 0 Å². The van der Waals surface area contributed by atoms with E-state index in [1.54, 1.807) is 22.9 Å². The second-order valence-corrected chi connectivity index (χ2v) is 8.33. The number of nitrogens with zero attached hydrogens (tertiary/aromatic N) is 2. The molecule has 2 N–H and O–H groups in total. The Kier molecular flexibility index (Phi) is 6.75. The quantitative estimate of drug-likeness (QED) is 0.366. The van der Waals surface area contributed by atoms with Gasteiger partial charge < -0.3 is 10.4 Å². The van der Waals surface area contributed by atoms with Crippen LogP contribution in [-0.4, -0.2) is 26.8 Å². The van der Waals surface area contributed by atoms with E-state index in [-0.39, 0.29) is 11.9 Å². The topological polar surface area (TPSA) is 84.2 Å². The first-order valence-corrected chi connectivity index (χ1v) is 11.1. The van der Waals surface area contributed by atoms with Crippen molar-refractivity contribution in [1.29, 1.82) is 0 Å². The fourth-order valence-electron chi connectivity index (χ4n) is 4.04. The molecule has 0 aliphatic rings. The third kappa shape index (κ3) is 5.07. The minimum Gasteiger partial charge on any atom is -0.481 e. The number of amides is 1. The molecule has 3 aromatic carbocycles. The number of fused-ring (bicyclic) bond motifs is 1. The first kappa shape index (κ1) is 22.6. The summed E-state index contributed by atoms with van der Waals surface area (Å²) in [6, 6.07) is 21.5. The molecule has 2 unspecified atom stereocenters. The highest BCUT2D eigenvalue weighted by molar-refractivity contribution is 6.30. The maximum Gasteiger partial charge on any atom is 0.313 e. The molecule has 4 aromatic rings. The molecule has 0 aliphatic carbocycles. The average Bonchev–Trinajstić information content (AvgIpc) is 3.24. The van der Waals surface area contributed by atoms with Crippen LogP contribution in [0.3, 0.4) is 0 Å². The normalized spacial score (nSPS) is 12.9. The number of carboxylic acids is 1. The molecular weight excluding hydrogens is 438 g/mol. The molecule has 0 spiro atoms. The van der Waals surface area contributed by atoms with Gasteiger partial charge in [-0.1, -0.05) is 67.1 Å². The van der Waals surface area contributed by atoms with Crippen LogP contribution in [0.5, 0.6) is 0 Å². The second kappa shape index (κ2) is 9.88. The summed E-state index contributed by atoms with van der Waals surface area (Å²) in [5, 5.41) is 18.9. The number of rotatable bonds is 8. The molecule has 0 saturated heterocycles. The maximum absolute atomic E-state index is 12.7. The maximum atomic E-state index is 12.7. The molecule has 168 valence electrons. The van der Waals surface area contributed by atoms with Gasteiger partial charge in [-0.15, -0.1) is 0 Å². The van der Waals surface area contributed by atoms with E-state index in [1.807, 2.05) is 67.7 Å². The summed E-state index contributed by atoms with van der Waals surface area (Å²) in [5.74, 6) is -1.84. The molecule has 1 heterocycles. The summed E-state index contributed by atoms with van der Waals surface area (Å²) in [6.45, 7) is 2.31. The van der Waals surface area contributed by atoms with Crippen LogP contribution >= 0.6 is 11.6 Å². The monoisotopic (exact) mass is 461 g/mol. The zero-order chi connectivity index (χ0) is 23.4. The molecule has 0 fully saturated rings. The van der Waals surface area contributed by atoms with Crippen molar-refractivity contribution < 1.29 is 14.7 Å². The van der Waals surface area contributed by atoms with Crippen molar-refractivity contribution in [3.05, 3.63) is 101 Å². The van der Waals surface area contributed by atoms with Crippen molar-refractivity contribution in [1.82, 2.24) is 15.1 Å². The van der Waals surface area contributed by atoms with Gasteiger partial charge in [-0.25, -0.2) is 0 Å². The van der Waals surface area contributed by atoms with Crippen LogP contribution < -0.4 is 5.32 Å². The number of hydrogen-bond acceptors (Lipinski definition) is 3. The molecule has 0 radical (unpaired) electrons. The first-order valence-electron chi connectivity index (χ1n) is 10.8. The van der Waals surface area contributed by atoms with E-state index in [0.29, 0.717) is 29.1 Å². The summed E-state index contributed by atoms with van der Waals surface area (Å²) >= 11 is 6.00. The van der Waals surface area contributed by atoms with Crippen LogP contribution in [0.4, 0.5) is 0 Å². The van der Waals surface area contributed by atoms with Gasteiger partial charge in [0.15, 0.2) is 0 Å². The van der Waals surface area contributed by atoms with Gasteiger partial charge >= 0.3 is 5.97 Å². The number of hydrogen-bond donors (Lipinski definition) is 2. The van der Waals surface area contributed by atoms with E-state index in [4.69, 9.17) is 11.6 Å². The fraction of sp³-hybridized carbons (Fsp3) is 0.192. The predicted octanol–water partition coefficient (Wildman–Crippen LogP) is 5.44. The van der Waals surface area contributed by atoms with Gasteiger partial charge in [-0.2, -0.15) is 5.10 Å². The lowest BCUT2D eigenvalue weighted by Gasteiger charge is -2.23. The number of carbonyl (C=O) groups is 2. The van der Waals surface area contributed by atoms with E-state index in [2.05, 4.69) is 10.4 Å². The van der Waals surface area contributed by atoms with Crippen molar-refractivity contribution >= 4 is 34.4 Å². The van der Waals surface area contributed by atoms with Gasteiger partial charge in [-0.05, 0) is 41.8 Å². The summed E-state index contributed by atoms with van der Waals surface area (Å²) in [5.41, 5.74) is 2.77. The van der Waals surface area contributed by atoms with Crippen LogP contribution in [0.2, 0.25) is 5.02 Å². The number of carbonyl (C=O) groups excluding carboxylic acids is 1. The van der Waals surface area contributed by atoms with Gasteiger partial charge in [0.25, 0.3) is 5.91 Å². The van der Waals surface area contributed by atoms with Gasteiger partial charge in [0.05, 0.1) is 11.6 Å². The highest BCUT2D eigenvalue weighted by atomic mass is 35.5. The zero-order valence-electron chi connectivity index (χ0n) is 18.1. The van der Waals surface area contributed by atoms with Gasteiger partial charge in [0.2, 0.25) is 0 Å². The lowest BCUT2D eigenvalue weighted by atomic mass is 9.90. The van der Waals surface area contributed by atoms with Crippen LogP contribution in [0.25, 0.3) is 10.9 Å². The van der Waals surface area contributed by atoms with E-state index < -0.39 is 11.9 Å². The number of nitrogens with one attached hydrogen (secondary N) is 1. The van der Waals surface area contributed by atoms with Crippen molar-refractivity contribution in [2.45, 2.75) is 31.8 Å². The zero-order valence-corrected chi connectivity index (χ0v) is 18.9. The van der Waals surface area contributed by atoms with Crippen molar-refractivity contribution in [3.63, 3.8) is 0 Å². The molecular formula is C26H24ClN3O3. The summed E-state index contributed by atoms with van der Waals surface area (Å²) in [7, 11) is 0. The van der Waals surface area contributed by atoms with Crippen LogP contribution in [0.15, 0.2) is 79.0 Å². The fourth-order valence-corrected chi connectivity index (χ4v) is 4.26. The van der Waals surface area contributed by atoms with E-state index in [1.165, 1.54) is 0 Å². The van der Waals surface area contributed by atoms with Crippen molar-refractivity contribution in [2.75, 3.05) is 0 Å². The highest BCUT2D eigenvalue weighted by Gasteiger charge is 2.30. The number of carboxylic acid groups (broad SMARTS) is 1. The standard InChI is InChI=1S/C26H24ClN3O3/c1-2-23(24(26(32)33)18-8-4-3-5-9-18)30-16-20-12-11-19(14-22(20)29-30)25(31)28-15-17-7-6-10-21(27)13-17/h3-14,16,23-24H,2,15H2,1H3,(H,28,31)(H,32,33). The largest absolute Gasteiger partial charge is 0.481 e. The Balaban J connectivity index is 1.57. The summed E-state index contributed by atoms with van der Waals surface area (Å²) in [6.07, 6.45) is 2.43. The Morgan fingerprint density at radius 3 is 2.55 bits per heavy atom. The molecule has 0 saturated carbocycles. The Morgan fingerprint density at radius 1 is 1.06 bits per heavy atom. The number of aromatic nitrogens is 2. The number of halogens is 1. The molecule has 6 nitrogen and oxygen atoms in total.